The zero-order chi connectivity index (χ0) is 22.1. The third kappa shape index (κ3) is 4.25. The second kappa shape index (κ2) is 8.63. The molecule has 2 aromatic heterocycles. The number of rotatable bonds is 6. The zero-order valence-electron chi connectivity index (χ0n) is 15.9. The van der Waals surface area contributed by atoms with E-state index in [0.717, 1.165) is 15.8 Å². The lowest BCUT2D eigenvalue weighted by atomic mass is 10.0. The van der Waals surface area contributed by atoms with E-state index in [9.17, 15) is 19.8 Å². The van der Waals surface area contributed by atoms with Crippen molar-refractivity contribution < 1.29 is 19.8 Å². The van der Waals surface area contributed by atoms with Gasteiger partial charge in [0.15, 0.2) is 0 Å². The Bertz CT molecular complexity index is 1260. The fraction of sp³-hybridized carbons (Fsp3) is 0.0909. The van der Waals surface area contributed by atoms with E-state index in [0.29, 0.717) is 5.56 Å². The number of aromatic nitrogens is 1. The standard InChI is InChI=1S/C22H16Cl2N2O4S/c23-15-2-1-3-16(24)18(15)20(27)25-17(22(29)30)10-12-4-6-14(7-5-12)26-11-13-8-9-31-19(13)21(26)28/h1-9,11,17,28H,10H2,(H,25,27)(H,29,30)/t17-/m0/s1. The number of nitrogens with zero attached hydrogens (tertiary/aromatic N) is 1. The summed E-state index contributed by atoms with van der Waals surface area (Å²) in [5, 5.41) is 25.6. The van der Waals surface area contributed by atoms with Gasteiger partial charge in [0, 0.05) is 23.7 Å². The molecule has 0 aliphatic heterocycles. The molecule has 0 aliphatic carbocycles. The number of carboxylic acids is 1. The van der Waals surface area contributed by atoms with Crippen molar-refractivity contribution in [1.82, 2.24) is 9.88 Å². The molecule has 0 aliphatic rings. The summed E-state index contributed by atoms with van der Waals surface area (Å²) in [5.74, 6) is -1.68. The Morgan fingerprint density at radius 1 is 1.06 bits per heavy atom. The van der Waals surface area contributed by atoms with Gasteiger partial charge in [-0.3, -0.25) is 9.36 Å². The molecule has 2 heterocycles. The molecule has 31 heavy (non-hydrogen) atoms. The fourth-order valence-corrected chi connectivity index (χ4v) is 4.66. The number of benzene rings is 2. The quantitative estimate of drug-likeness (QED) is 0.361. The monoisotopic (exact) mass is 474 g/mol. The Hall–Kier alpha value is -3.00. The summed E-state index contributed by atoms with van der Waals surface area (Å²) < 4.78 is 2.47. The first-order valence-corrected chi connectivity index (χ1v) is 10.8. The van der Waals surface area contributed by atoms with Gasteiger partial charge in [-0.05, 0) is 41.3 Å². The normalized spacial score (nSPS) is 12.1. The van der Waals surface area contributed by atoms with Crippen LogP contribution in [0.4, 0.5) is 0 Å². The Balaban J connectivity index is 1.52. The second-order valence-corrected chi connectivity index (χ2v) is 8.59. The van der Waals surface area contributed by atoms with Crippen molar-refractivity contribution in [1.29, 1.82) is 0 Å². The van der Waals surface area contributed by atoms with Crippen LogP contribution in [0, 0.1) is 0 Å². The molecule has 1 amide bonds. The topological polar surface area (TPSA) is 91.6 Å². The SMILES string of the molecule is O=C(N[C@@H](Cc1ccc(-n2cc3ccsc3c2O)cc1)C(=O)O)c1c(Cl)cccc1Cl. The first-order chi connectivity index (χ1) is 14.8. The van der Waals surface area contributed by atoms with Gasteiger partial charge >= 0.3 is 5.97 Å². The lowest BCUT2D eigenvalue weighted by Crippen LogP contribution is -2.42. The molecule has 158 valence electrons. The first-order valence-electron chi connectivity index (χ1n) is 9.19. The maximum atomic E-state index is 12.6. The average Bonchev–Trinajstić information content (AvgIpc) is 3.31. The fourth-order valence-electron chi connectivity index (χ4n) is 3.28. The molecule has 0 radical (unpaired) electrons. The van der Waals surface area contributed by atoms with Crippen LogP contribution < -0.4 is 5.32 Å². The molecule has 0 bridgehead atoms. The van der Waals surface area contributed by atoms with Crippen LogP contribution in [-0.4, -0.2) is 32.7 Å². The molecular weight excluding hydrogens is 459 g/mol. The van der Waals surface area contributed by atoms with E-state index >= 15 is 0 Å². The van der Waals surface area contributed by atoms with Crippen LogP contribution >= 0.6 is 34.5 Å². The van der Waals surface area contributed by atoms with Crippen molar-refractivity contribution in [3.63, 3.8) is 0 Å². The molecule has 2 aromatic carbocycles. The summed E-state index contributed by atoms with van der Waals surface area (Å²) in [7, 11) is 0. The highest BCUT2D eigenvalue weighted by atomic mass is 35.5. The summed E-state index contributed by atoms with van der Waals surface area (Å²) in [5.41, 5.74) is 1.48. The molecule has 4 aromatic rings. The van der Waals surface area contributed by atoms with Crippen molar-refractivity contribution in [3.05, 3.63) is 81.3 Å². The van der Waals surface area contributed by atoms with Gasteiger partial charge in [-0.2, -0.15) is 0 Å². The Morgan fingerprint density at radius 3 is 2.35 bits per heavy atom. The van der Waals surface area contributed by atoms with Gasteiger partial charge in [0.05, 0.1) is 20.3 Å². The highest BCUT2D eigenvalue weighted by molar-refractivity contribution is 7.17. The van der Waals surface area contributed by atoms with Crippen molar-refractivity contribution >= 4 is 56.5 Å². The molecule has 4 rings (SSSR count). The lowest BCUT2D eigenvalue weighted by Gasteiger charge is -2.16. The van der Waals surface area contributed by atoms with Crippen LogP contribution in [0.25, 0.3) is 15.8 Å². The van der Waals surface area contributed by atoms with Gasteiger partial charge in [0.25, 0.3) is 5.91 Å². The number of fused-ring (bicyclic) bond motifs is 1. The van der Waals surface area contributed by atoms with Crippen LogP contribution in [0.1, 0.15) is 15.9 Å². The Labute approximate surface area is 191 Å². The van der Waals surface area contributed by atoms with E-state index in [4.69, 9.17) is 23.2 Å². The van der Waals surface area contributed by atoms with Crippen LogP contribution in [0.15, 0.2) is 60.1 Å². The number of nitrogens with one attached hydrogen (secondary N) is 1. The van der Waals surface area contributed by atoms with Crippen molar-refractivity contribution in [2.24, 2.45) is 0 Å². The van der Waals surface area contributed by atoms with E-state index in [1.807, 2.05) is 17.6 Å². The molecule has 6 nitrogen and oxygen atoms in total. The molecule has 0 fully saturated rings. The van der Waals surface area contributed by atoms with Gasteiger partial charge in [0.2, 0.25) is 5.88 Å². The number of carbonyl (C=O) groups is 2. The summed E-state index contributed by atoms with van der Waals surface area (Å²) in [6.07, 6.45) is 1.90. The Morgan fingerprint density at radius 2 is 1.74 bits per heavy atom. The average molecular weight is 475 g/mol. The number of carbonyl (C=O) groups excluding carboxylic acids is 1. The lowest BCUT2D eigenvalue weighted by molar-refractivity contribution is -0.139. The number of aromatic hydroxyl groups is 1. The highest BCUT2D eigenvalue weighted by Crippen LogP contribution is 2.34. The van der Waals surface area contributed by atoms with Crippen molar-refractivity contribution in [3.8, 4) is 11.6 Å². The minimum atomic E-state index is -1.18. The summed E-state index contributed by atoms with van der Waals surface area (Å²) in [6.45, 7) is 0. The third-order valence-electron chi connectivity index (χ3n) is 4.84. The third-order valence-corrected chi connectivity index (χ3v) is 6.40. The second-order valence-electron chi connectivity index (χ2n) is 6.86. The van der Waals surface area contributed by atoms with Crippen molar-refractivity contribution in [2.45, 2.75) is 12.5 Å². The van der Waals surface area contributed by atoms with E-state index in [1.54, 1.807) is 34.9 Å². The molecule has 3 N–H and O–H groups in total. The molecule has 9 heteroatoms. The minimum Gasteiger partial charge on any atom is -0.493 e. The predicted molar refractivity (Wildman–Crippen MR) is 122 cm³/mol. The zero-order valence-corrected chi connectivity index (χ0v) is 18.2. The summed E-state index contributed by atoms with van der Waals surface area (Å²) >= 11 is 13.5. The van der Waals surface area contributed by atoms with Gasteiger partial charge in [-0.25, -0.2) is 4.79 Å². The number of hydrogen-bond donors (Lipinski definition) is 3. The van der Waals surface area contributed by atoms with Gasteiger partial charge in [-0.1, -0.05) is 41.4 Å². The van der Waals surface area contributed by atoms with Crippen LogP contribution in [0.3, 0.4) is 0 Å². The molecule has 0 saturated carbocycles. The van der Waals surface area contributed by atoms with E-state index in [1.165, 1.54) is 23.5 Å². The van der Waals surface area contributed by atoms with Crippen LogP contribution in [0.2, 0.25) is 10.0 Å². The van der Waals surface area contributed by atoms with Crippen molar-refractivity contribution in [2.75, 3.05) is 0 Å². The molecule has 0 spiro atoms. The molecule has 0 unspecified atom stereocenters. The smallest absolute Gasteiger partial charge is 0.326 e. The van der Waals surface area contributed by atoms with Gasteiger partial charge in [0.1, 0.15) is 6.04 Å². The number of hydrogen-bond acceptors (Lipinski definition) is 4. The maximum absolute atomic E-state index is 12.6. The van der Waals surface area contributed by atoms with Crippen LogP contribution in [0.5, 0.6) is 5.88 Å². The first kappa shape index (κ1) is 21.2. The Kier molecular flexibility index (Phi) is 5.91. The number of aliphatic carboxylic acids is 1. The van der Waals surface area contributed by atoms with E-state index in [2.05, 4.69) is 5.32 Å². The van der Waals surface area contributed by atoms with Gasteiger partial charge in [-0.15, -0.1) is 11.3 Å². The number of thiophene rings is 1. The molecule has 0 saturated heterocycles. The number of halogens is 2. The van der Waals surface area contributed by atoms with E-state index in [-0.39, 0.29) is 27.9 Å². The highest BCUT2D eigenvalue weighted by Gasteiger charge is 2.24. The van der Waals surface area contributed by atoms with Crippen LogP contribution in [-0.2, 0) is 11.2 Å². The molecular formula is C22H16Cl2N2O4S. The number of amides is 1. The largest absolute Gasteiger partial charge is 0.493 e. The summed E-state index contributed by atoms with van der Waals surface area (Å²) in [4.78, 5) is 24.3. The minimum absolute atomic E-state index is 0.0375. The predicted octanol–water partition coefficient (Wildman–Crippen LogP) is 5.13. The maximum Gasteiger partial charge on any atom is 0.326 e. The summed E-state index contributed by atoms with van der Waals surface area (Å²) in [6, 6.07) is 12.5. The number of carboxylic acid groups (broad SMARTS) is 1. The van der Waals surface area contributed by atoms with Gasteiger partial charge < -0.3 is 15.5 Å². The van der Waals surface area contributed by atoms with E-state index < -0.39 is 17.9 Å². The molecule has 1 atom stereocenters.